The van der Waals surface area contributed by atoms with Crippen molar-refractivity contribution in [1.29, 1.82) is 0 Å². The molecule has 0 atom stereocenters. The van der Waals surface area contributed by atoms with E-state index in [0.717, 1.165) is 31.4 Å². The van der Waals surface area contributed by atoms with Gasteiger partial charge in [0, 0.05) is 0 Å². The number of halogens is 2. The van der Waals surface area contributed by atoms with Gasteiger partial charge in [-0.2, -0.15) is 13.8 Å². The van der Waals surface area contributed by atoms with Gasteiger partial charge in [-0.1, -0.05) is 42.5 Å². The molecule has 1 heterocycles. The van der Waals surface area contributed by atoms with E-state index in [1.165, 1.54) is 19.1 Å². The summed E-state index contributed by atoms with van der Waals surface area (Å²) in [5.74, 6) is -1.39. The summed E-state index contributed by atoms with van der Waals surface area (Å²) in [7, 11) is 2.22. The van der Waals surface area contributed by atoms with Crippen molar-refractivity contribution in [1.82, 2.24) is 0 Å². The Kier molecular flexibility index (Phi) is 5.46. The molecule has 7 heteroatoms. The Labute approximate surface area is 161 Å². The largest absolute Gasteiger partial charge is 0.463 e. The average molecular weight is 387 g/mol. The van der Waals surface area contributed by atoms with E-state index < -0.39 is 23.3 Å². The van der Waals surface area contributed by atoms with Crippen LogP contribution in [0.4, 0.5) is 14.5 Å². The topological polar surface area (TPSA) is 51.9 Å². The van der Waals surface area contributed by atoms with E-state index in [2.05, 4.69) is 4.74 Å². The number of ether oxygens (including phenoxy) is 1. The molecule has 0 saturated heterocycles. The van der Waals surface area contributed by atoms with Gasteiger partial charge in [-0.15, -0.1) is 0 Å². The number of esters is 1. The molecule has 0 aliphatic heterocycles. The van der Waals surface area contributed by atoms with E-state index in [4.69, 9.17) is 9.25 Å². The van der Waals surface area contributed by atoms with Crippen molar-refractivity contribution in [2.24, 2.45) is 0 Å². The number of carbonyl (C=O) groups excluding carboxylic acids is 1. The van der Waals surface area contributed by atoms with Gasteiger partial charge < -0.3 is 9.15 Å². The predicted octanol–water partition coefficient (Wildman–Crippen LogP) is 5.16. The summed E-state index contributed by atoms with van der Waals surface area (Å²) in [4.78, 5) is 16.8. The molecular weight excluding hydrogens is 368 g/mol. The lowest BCUT2D eigenvalue weighted by molar-refractivity contribution is -0.0946. The molecule has 0 unspecified atom stereocenters. The number of benzene rings is 2. The van der Waals surface area contributed by atoms with Crippen molar-refractivity contribution in [3.05, 3.63) is 77.7 Å². The second-order valence-electron chi connectivity index (χ2n) is 6.02. The smallest absolute Gasteiger partial charge is 0.378 e. The highest BCUT2D eigenvalue weighted by atomic mass is 19.3. The van der Waals surface area contributed by atoms with Gasteiger partial charge in [-0.3, -0.25) is 4.84 Å². The Morgan fingerprint density at radius 1 is 1.00 bits per heavy atom. The van der Waals surface area contributed by atoms with Gasteiger partial charge in [-0.05, 0) is 36.2 Å². The van der Waals surface area contributed by atoms with Crippen LogP contribution in [0.1, 0.15) is 21.9 Å². The maximum atomic E-state index is 15.2. The number of furan rings is 1. The molecule has 28 heavy (non-hydrogen) atoms. The third kappa shape index (κ3) is 3.61. The molecule has 1 aromatic heterocycles. The lowest BCUT2D eigenvalue weighted by atomic mass is 10.1. The van der Waals surface area contributed by atoms with Gasteiger partial charge in [-0.25, -0.2) is 4.79 Å². The van der Waals surface area contributed by atoms with E-state index in [1.54, 1.807) is 12.1 Å². The molecule has 0 fully saturated rings. The minimum atomic E-state index is -3.68. The highest BCUT2D eigenvalue weighted by molar-refractivity contribution is 5.88. The highest BCUT2D eigenvalue weighted by Crippen LogP contribution is 2.40. The molecule has 0 aliphatic rings. The van der Waals surface area contributed by atoms with Gasteiger partial charge >= 0.3 is 12.0 Å². The number of aryl methyl sites for hydroxylation is 1. The molecule has 0 radical (unpaired) electrons. The fraction of sp³-hybridized carbons (Fsp3) is 0.190. The summed E-state index contributed by atoms with van der Waals surface area (Å²) in [5, 5.41) is 0.429. The molecule has 0 N–H and O–H groups in total. The second kappa shape index (κ2) is 7.82. The standard InChI is InChI=1S/C21H19F2NO4/c1-14-13-18(19(28-14)20(25)26-2)21(22,23)24(27-3)17-11-9-16(10-12-17)15-7-5-4-6-8-15/h4-13H,1-3H3. The average Bonchev–Trinajstić information content (AvgIpc) is 3.11. The normalized spacial score (nSPS) is 11.3. The van der Waals surface area contributed by atoms with Crippen LogP contribution in [0, 0.1) is 6.92 Å². The minimum absolute atomic E-state index is 0.113. The van der Waals surface area contributed by atoms with Crippen LogP contribution >= 0.6 is 0 Å². The van der Waals surface area contributed by atoms with Crippen LogP contribution in [0.15, 0.2) is 65.1 Å². The molecule has 0 aliphatic carbocycles. The molecule has 2 aromatic carbocycles. The first kappa shape index (κ1) is 19.6. The number of anilines is 1. The van der Waals surface area contributed by atoms with Crippen LogP contribution < -0.4 is 5.06 Å². The van der Waals surface area contributed by atoms with Gasteiger partial charge in [0.1, 0.15) is 5.76 Å². The summed E-state index contributed by atoms with van der Waals surface area (Å²) in [5.41, 5.74) is 1.31. The zero-order valence-corrected chi connectivity index (χ0v) is 15.6. The molecule has 3 aromatic rings. The summed E-state index contributed by atoms with van der Waals surface area (Å²) >= 11 is 0. The molecular formula is C21H19F2NO4. The number of hydrogen-bond donors (Lipinski definition) is 0. The molecule has 5 nitrogen and oxygen atoms in total. The Bertz CT molecular complexity index is 952. The summed E-state index contributed by atoms with van der Waals surface area (Å²) in [6, 6.07) is 13.4. The molecule has 0 amide bonds. The van der Waals surface area contributed by atoms with Crippen LogP contribution in [0.5, 0.6) is 0 Å². The Hall–Kier alpha value is -3.19. The van der Waals surface area contributed by atoms with Gasteiger partial charge in [0.2, 0.25) is 5.76 Å². The monoisotopic (exact) mass is 387 g/mol. The lowest BCUT2D eigenvalue weighted by Crippen LogP contribution is -2.39. The number of hydrogen-bond acceptors (Lipinski definition) is 5. The van der Waals surface area contributed by atoms with Crippen LogP contribution in [0.2, 0.25) is 0 Å². The van der Waals surface area contributed by atoms with Crippen LogP contribution in [0.25, 0.3) is 11.1 Å². The van der Waals surface area contributed by atoms with Crippen LogP contribution in [0.3, 0.4) is 0 Å². The van der Waals surface area contributed by atoms with Crippen molar-refractivity contribution in [2.45, 2.75) is 13.0 Å². The van der Waals surface area contributed by atoms with Crippen molar-refractivity contribution in [3.63, 3.8) is 0 Å². The lowest BCUT2D eigenvalue weighted by Gasteiger charge is -2.30. The number of methoxy groups -OCH3 is 1. The van der Waals surface area contributed by atoms with Crippen molar-refractivity contribution >= 4 is 11.7 Å². The van der Waals surface area contributed by atoms with Gasteiger partial charge in [0.25, 0.3) is 0 Å². The van der Waals surface area contributed by atoms with E-state index in [0.29, 0.717) is 5.06 Å². The first-order valence-electron chi connectivity index (χ1n) is 8.45. The Morgan fingerprint density at radius 2 is 1.61 bits per heavy atom. The first-order chi connectivity index (χ1) is 13.4. The number of nitrogens with zero attached hydrogens (tertiary/aromatic N) is 1. The number of hydroxylamine groups is 1. The third-order valence-electron chi connectivity index (χ3n) is 4.20. The van der Waals surface area contributed by atoms with Gasteiger partial charge in [0.15, 0.2) is 0 Å². The zero-order chi connectivity index (χ0) is 20.3. The second-order valence-corrected chi connectivity index (χ2v) is 6.02. The minimum Gasteiger partial charge on any atom is -0.463 e. The van der Waals surface area contributed by atoms with E-state index >= 15 is 8.78 Å². The summed E-state index contributed by atoms with van der Waals surface area (Å²) in [6.07, 6.45) is 0. The fourth-order valence-corrected chi connectivity index (χ4v) is 2.89. The van der Waals surface area contributed by atoms with Crippen LogP contribution in [-0.2, 0) is 15.6 Å². The SMILES string of the molecule is COC(=O)c1oc(C)cc1C(F)(F)N(OC)c1ccc(-c2ccccc2)cc1. The van der Waals surface area contributed by atoms with Crippen LogP contribution in [-0.4, -0.2) is 20.2 Å². The molecule has 0 saturated carbocycles. The third-order valence-corrected chi connectivity index (χ3v) is 4.20. The van der Waals surface area contributed by atoms with Crippen molar-refractivity contribution < 1.29 is 27.6 Å². The molecule has 0 bridgehead atoms. The number of rotatable bonds is 6. The molecule has 3 rings (SSSR count). The highest BCUT2D eigenvalue weighted by Gasteiger charge is 2.46. The first-order valence-corrected chi connectivity index (χ1v) is 8.45. The maximum absolute atomic E-state index is 15.2. The molecule has 0 spiro atoms. The number of alkyl halides is 2. The summed E-state index contributed by atoms with van der Waals surface area (Å²) in [6.45, 7) is 1.47. The van der Waals surface area contributed by atoms with Gasteiger partial charge in [0.05, 0.1) is 25.5 Å². The Morgan fingerprint density at radius 3 is 2.18 bits per heavy atom. The fourth-order valence-electron chi connectivity index (χ4n) is 2.89. The van der Waals surface area contributed by atoms with Crippen molar-refractivity contribution in [3.8, 4) is 11.1 Å². The number of carbonyl (C=O) groups is 1. The summed E-state index contributed by atoms with van der Waals surface area (Å²) < 4.78 is 40.1. The quantitative estimate of drug-likeness (QED) is 0.332. The van der Waals surface area contributed by atoms with E-state index in [-0.39, 0.29) is 11.4 Å². The molecule has 146 valence electrons. The zero-order valence-electron chi connectivity index (χ0n) is 15.6. The van der Waals surface area contributed by atoms with Crippen molar-refractivity contribution in [2.75, 3.05) is 19.3 Å². The predicted molar refractivity (Wildman–Crippen MR) is 100 cm³/mol. The Balaban J connectivity index is 1.98. The van der Waals surface area contributed by atoms with E-state index in [9.17, 15) is 4.79 Å². The maximum Gasteiger partial charge on any atom is 0.378 e. The van der Waals surface area contributed by atoms with E-state index in [1.807, 2.05) is 30.3 Å².